The molecule has 1 aromatic carbocycles. The van der Waals surface area contributed by atoms with Crippen molar-refractivity contribution in [3.05, 3.63) is 35.4 Å². The molecule has 3 unspecified atom stereocenters. The van der Waals surface area contributed by atoms with Gasteiger partial charge in [-0.1, -0.05) is 18.2 Å². The fourth-order valence-corrected chi connectivity index (χ4v) is 2.47. The van der Waals surface area contributed by atoms with Crippen LogP contribution in [0.5, 0.6) is 0 Å². The van der Waals surface area contributed by atoms with Gasteiger partial charge in [0.1, 0.15) is 0 Å². The molecule has 0 aliphatic carbocycles. The van der Waals surface area contributed by atoms with Crippen molar-refractivity contribution in [1.82, 2.24) is 16.2 Å². The van der Waals surface area contributed by atoms with Crippen LogP contribution in [0, 0.1) is 5.92 Å². The molecule has 1 fully saturated rings. The minimum atomic E-state index is -4.31. The van der Waals surface area contributed by atoms with E-state index in [-0.39, 0.29) is 18.4 Å². The van der Waals surface area contributed by atoms with Crippen molar-refractivity contribution in [1.29, 1.82) is 0 Å². The number of alkyl halides is 3. The van der Waals surface area contributed by atoms with Gasteiger partial charge in [0.15, 0.2) is 0 Å². The molecule has 3 atom stereocenters. The number of nitrogens with one attached hydrogen (secondary N) is 3. The van der Waals surface area contributed by atoms with Crippen LogP contribution in [0.1, 0.15) is 31.0 Å². The molecule has 0 amide bonds. The Hall–Kier alpha value is -0.820. The van der Waals surface area contributed by atoms with E-state index in [1.165, 1.54) is 12.1 Å². The molecule has 120 valence electrons. The van der Waals surface area contributed by atoms with E-state index in [9.17, 15) is 13.2 Å². The van der Waals surface area contributed by atoms with E-state index in [2.05, 4.69) is 23.1 Å². The maximum absolute atomic E-state index is 13.0. The van der Waals surface area contributed by atoms with Gasteiger partial charge in [0, 0.05) is 31.1 Å². The Morgan fingerprint density at radius 1 is 1.33 bits per heavy atom. The van der Waals surface area contributed by atoms with Gasteiger partial charge >= 0.3 is 6.18 Å². The second-order valence-corrected chi connectivity index (χ2v) is 5.29. The van der Waals surface area contributed by atoms with Crippen LogP contribution in [0.25, 0.3) is 0 Å². The lowest BCUT2D eigenvalue weighted by atomic mass is 9.99. The zero-order chi connectivity index (χ0) is 14.8. The number of hydrogen-bond donors (Lipinski definition) is 3. The van der Waals surface area contributed by atoms with Crippen LogP contribution >= 0.6 is 12.4 Å². The first-order chi connectivity index (χ1) is 9.39. The summed E-state index contributed by atoms with van der Waals surface area (Å²) < 4.78 is 38.9. The monoisotopic (exact) mass is 323 g/mol. The fraction of sp³-hybridized carbons (Fsp3) is 0.571. The first kappa shape index (κ1) is 18.2. The van der Waals surface area contributed by atoms with E-state index in [0.717, 1.165) is 12.6 Å². The Bertz CT molecular complexity index is 453. The molecule has 1 heterocycles. The van der Waals surface area contributed by atoms with Crippen molar-refractivity contribution in [2.24, 2.45) is 5.92 Å². The summed E-state index contributed by atoms with van der Waals surface area (Å²) in [5.74, 6) is 0.371. The third kappa shape index (κ3) is 4.57. The fourth-order valence-electron chi connectivity index (χ4n) is 2.47. The maximum Gasteiger partial charge on any atom is 0.416 e. The lowest BCUT2D eigenvalue weighted by Crippen LogP contribution is -2.34. The van der Waals surface area contributed by atoms with Crippen molar-refractivity contribution < 1.29 is 13.2 Å². The van der Waals surface area contributed by atoms with Gasteiger partial charge in [-0.2, -0.15) is 13.2 Å². The van der Waals surface area contributed by atoms with Crippen molar-refractivity contribution in [3.8, 4) is 0 Å². The van der Waals surface area contributed by atoms with Gasteiger partial charge in [0.25, 0.3) is 0 Å². The third-order valence-corrected chi connectivity index (χ3v) is 3.82. The van der Waals surface area contributed by atoms with Crippen molar-refractivity contribution in [2.45, 2.75) is 32.1 Å². The molecule has 1 aliphatic heterocycles. The Labute approximate surface area is 129 Å². The molecule has 0 saturated carbocycles. The third-order valence-electron chi connectivity index (χ3n) is 3.82. The molecular formula is C14H21ClF3N3. The van der Waals surface area contributed by atoms with E-state index < -0.39 is 11.7 Å². The van der Waals surface area contributed by atoms with Gasteiger partial charge in [0.2, 0.25) is 0 Å². The highest BCUT2D eigenvalue weighted by atomic mass is 35.5. The summed E-state index contributed by atoms with van der Waals surface area (Å²) in [5.41, 5.74) is 5.89. The first-order valence-electron chi connectivity index (χ1n) is 6.77. The molecule has 21 heavy (non-hydrogen) atoms. The molecule has 1 saturated heterocycles. The summed E-state index contributed by atoms with van der Waals surface area (Å²) in [6, 6.07) is 5.72. The quantitative estimate of drug-likeness (QED) is 0.797. The van der Waals surface area contributed by atoms with Crippen LogP contribution in [-0.4, -0.2) is 19.1 Å². The summed E-state index contributed by atoms with van der Waals surface area (Å²) >= 11 is 0. The lowest BCUT2D eigenvalue weighted by Gasteiger charge is -2.22. The predicted molar refractivity (Wildman–Crippen MR) is 79.2 cm³/mol. The van der Waals surface area contributed by atoms with Crippen molar-refractivity contribution in [2.75, 3.05) is 13.1 Å². The highest BCUT2D eigenvalue weighted by Gasteiger charge is 2.34. The van der Waals surface area contributed by atoms with Gasteiger partial charge in [-0.3, -0.25) is 10.9 Å². The van der Waals surface area contributed by atoms with Crippen LogP contribution in [-0.2, 0) is 6.18 Å². The topological polar surface area (TPSA) is 36.1 Å². The largest absolute Gasteiger partial charge is 0.416 e. The average Bonchev–Trinajstić information content (AvgIpc) is 2.80. The highest BCUT2D eigenvalue weighted by molar-refractivity contribution is 5.85. The molecule has 0 spiro atoms. The zero-order valence-electron chi connectivity index (χ0n) is 12.0. The minimum Gasteiger partial charge on any atom is -0.310 e. The SMILES string of the molecule is CC(NCC1CNNC1C)c1ccccc1C(F)(F)F.Cl. The van der Waals surface area contributed by atoms with Gasteiger partial charge < -0.3 is 5.32 Å². The number of halogens is 4. The van der Waals surface area contributed by atoms with Gasteiger partial charge in [-0.15, -0.1) is 12.4 Å². The molecule has 3 N–H and O–H groups in total. The first-order valence-corrected chi connectivity index (χ1v) is 6.77. The van der Waals surface area contributed by atoms with E-state index in [1.54, 1.807) is 13.0 Å². The highest BCUT2D eigenvalue weighted by Crippen LogP contribution is 2.34. The summed E-state index contributed by atoms with van der Waals surface area (Å²) in [7, 11) is 0. The standard InChI is InChI=1S/C14H20F3N3.ClH/c1-9-11(8-19-20-9)7-18-10(2)12-5-3-4-6-13(12)14(15,16)17;/h3-6,9-11,18-20H,7-8H2,1-2H3;1H. The van der Waals surface area contributed by atoms with Gasteiger partial charge in [0.05, 0.1) is 5.56 Å². The molecular weight excluding hydrogens is 303 g/mol. The molecule has 0 aromatic heterocycles. The predicted octanol–water partition coefficient (Wildman–Crippen LogP) is 2.89. The van der Waals surface area contributed by atoms with E-state index in [1.807, 2.05) is 0 Å². The Balaban J connectivity index is 0.00000220. The Morgan fingerprint density at radius 3 is 2.57 bits per heavy atom. The number of benzene rings is 1. The molecule has 7 heteroatoms. The van der Waals surface area contributed by atoms with Crippen LogP contribution in [0.15, 0.2) is 24.3 Å². The molecule has 2 rings (SSSR count). The lowest BCUT2D eigenvalue weighted by molar-refractivity contribution is -0.138. The summed E-state index contributed by atoms with van der Waals surface area (Å²) in [6.07, 6.45) is -4.31. The molecule has 1 aliphatic rings. The number of hydrazine groups is 1. The Morgan fingerprint density at radius 2 is 2.00 bits per heavy atom. The maximum atomic E-state index is 13.0. The number of rotatable bonds is 4. The summed E-state index contributed by atoms with van der Waals surface area (Å²) in [6.45, 7) is 5.32. The van der Waals surface area contributed by atoms with E-state index >= 15 is 0 Å². The van der Waals surface area contributed by atoms with Crippen LogP contribution < -0.4 is 16.2 Å². The van der Waals surface area contributed by atoms with E-state index in [0.29, 0.717) is 24.1 Å². The summed E-state index contributed by atoms with van der Waals surface area (Å²) in [5, 5.41) is 3.20. The second-order valence-electron chi connectivity index (χ2n) is 5.29. The smallest absolute Gasteiger partial charge is 0.310 e. The van der Waals surface area contributed by atoms with Crippen molar-refractivity contribution in [3.63, 3.8) is 0 Å². The zero-order valence-corrected chi connectivity index (χ0v) is 12.8. The van der Waals surface area contributed by atoms with Crippen LogP contribution in [0.2, 0.25) is 0 Å². The molecule has 3 nitrogen and oxygen atoms in total. The second kappa shape index (κ2) is 7.45. The number of hydrogen-bond acceptors (Lipinski definition) is 3. The Kier molecular flexibility index (Phi) is 6.46. The summed E-state index contributed by atoms with van der Waals surface area (Å²) in [4.78, 5) is 0. The molecule has 0 radical (unpaired) electrons. The van der Waals surface area contributed by atoms with Crippen LogP contribution in [0.3, 0.4) is 0 Å². The van der Waals surface area contributed by atoms with Gasteiger partial charge in [-0.25, -0.2) is 0 Å². The van der Waals surface area contributed by atoms with E-state index in [4.69, 9.17) is 0 Å². The van der Waals surface area contributed by atoms with Gasteiger partial charge in [-0.05, 0) is 25.5 Å². The molecule has 0 bridgehead atoms. The molecule has 1 aromatic rings. The van der Waals surface area contributed by atoms with Crippen molar-refractivity contribution >= 4 is 12.4 Å². The normalized spacial score (nSPS) is 23.7. The minimum absolute atomic E-state index is 0. The van der Waals surface area contributed by atoms with Crippen LogP contribution in [0.4, 0.5) is 13.2 Å². The average molecular weight is 324 g/mol.